The van der Waals surface area contributed by atoms with Crippen LogP contribution >= 0.6 is 0 Å². The van der Waals surface area contributed by atoms with Gasteiger partial charge in [0.25, 0.3) is 5.56 Å². The fraction of sp³-hybridized carbons (Fsp3) is 0.125. The molecular formula is C24H20N4O2. The van der Waals surface area contributed by atoms with Crippen molar-refractivity contribution < 1.29 is 4.79 Å². The maximum atomic E-state index is 12.9. The Kier molecular flexibility index (Phi) is 4.52. The van der Waals surface area contributed by atoms with Crippen molar-refractivity contribution in [1.82, 2.24) is 14.9 Å². The molecule has 0 saturated heterocycles. The predicted molar refractivity (Wildman–Crippen MR) is 117 cm³/mol. The molecule has 1 aliphatic rings. The van der Waals surface area contributed by atoms with Gasteiger partial charge < -0.3 is 15.2 Å². The third-order valence-electron chi connectivity index (χ3n) is 5.43. The number of urea groups is 1. The highest BCUT2D eigenvalue weighted by Gasteiger charge is 2.25. The number of carbonyl (C=O) groups is 1. The van der Waals surface area contributed by atoms with Crippen molar-refractivity contribution in [1.29, 1.82) is 0 Å². The summed E-state index contributed by atoms with van der Waals surface area (Å²) < 4.78 is 0. The van der Waals surface area contributed by atoms with E-state index in [1.165, 1.54) is 0 Å². The smallest absolute Gasteiger partial charge is 0.320 e. The molecule has 1 aromatic heterocycles. The van der Waals surface area contributed by atoms with Crippen LogP contribution in [0.2, 0.25) is 0 Å². The molecule has 148 valence electrons. The molecule has 2 N–H and O–H groups in total. The van der Waals surface area contributed by atoms with Crippen LogP contribution in [0.5, 0.6) is 0 Å². The predicted octanol–water partition coefficient (Wildman–Crippen LogP) is 4.18. The number of fused-ring (bicyclic) bond motifs is 2. The minimum Gasteiger partial charge on any atom is -0.320 e. The average molecular weight is 396 g/mol. The standard InChI is InChI=1S/C24H20N4O2/c29-23-19-15-28(14-13-21(19)25-22(27-23)17-8-2-1-3-9-17)24(30)26-20-12-6-10-16-7-4-5-11-18(16)20/h1-12H,13-15H2,(H,26,30)(H,25,27,29). The monoisotopic (exact) mass is 396 g/mol. The van der Waals surface area contributed by atoms with Crippen LogP contribution in [0.4, 0.5) is 10.5 Å². The van der Waals surface area contributed by atoms with Crippen molar-refractivity contribution in [2.75, 3.05) is 11.9 Å². The highest BCUT2D eigenvalue weighted by Crippen LogP contribution is 2.24. The highest BCUT2D eigenvalue weighted by atomic mass is 16.2. The Balaban J connectivity index is 1.39. The maximum Gasteiger partial charge on any atom is 0.322 e. The molecule has 2 amide bonds. The number of rotatable bonds is 2. The number of amides is 2. The molecule has 3 aromatic carbocycles. The van der Waals surface area contributed by atoms with Crippen LogP contribution < -0.4 is 10.9 Å². The van der Waals surface area contributed by atoms with Crippen molar-refractivity contribution in [3.05, 3.63) is 94.4 Å². The minimum absolute atomic E-state index is 0.193. The number of carbonyl (C=O) groups excluding carboxylic acids is 1. The number of hydrogen-bond acceptors (Lipinski definition) is 3. The lowest BCUT2D eigenvalue weighted by Gasteiger charge is -2.28. The molecule has 0 unspecified atom stereocenters. The van der Waals surface area contributed by atoms with E-state index in [0.717, 1.165) is 27.7 Å². The lowest BCUT2D eigenvalue weighted by Crippen LogP contribution is -2.41. The van der Waals surface area contributed by atoms with Crippen molar-refractivity contribution in [2.24, 2.45) is 0 Å². The second kappa shape index (κ2) is 7.48. The van der Waals surface area contributed by atoms with Crippen LogP contribution in [0.3, 0.4) is 0 Å². The van der Waals surface area contributed by atoms with Gasteiger partial charge in [0, 0.05) is 23.9 Å². The molecule has 30 heavy (non-hydrogen) atoms. The molecule has 0 saturated carbocycles. The summed E-state index contributed by atoms with van der Waals surface area (Å²) in [5.41, 5.74) is 2.74. The Morgan fingerprint density at radius 3 is 2.60 bits per heavy atom. The van der Waals surface area contributed by atoms with E-state index >= 15 is 0 Å². The Hall–Kier alpha value is -3.93. The van der Waals surface area contributed by atoms with Crippen molar-refractivity contribution in [3.8, 4) is 11.4 Å². The lowest BCUT2D eigenvalue weighted by atomic mass is 10.1. The van der Waals surface area contributed by atoms with Crippen LogP contribution in [-0.4, -0.2) is 27.4 Å². The second-order valence-electron chi connectivity index (χ2n) is 7.33. The quantitative estimate of drug-likeness (QED) is 0.534. The first-order valence-corrected chi connectivity index (χ1v) is 9.90. The van der Waals surface area contributed by atoms with Crippen LogP contribution in [0.25, 0.3) is 22.2 Å². The summed E-state index contributed by atoms with van der Waals surface area (Å²) in [6.07, 6.45) is 0.544. The van der Waals surface area contributed by atoms with E-state index in [4.69, 9.17) is 0 Å². The van der Waals surface area contributed by atoms with Crippen molar-refractivity contribution in [2.45, 2.75) is 13.0 Å². The molecule has 5 rings (SSSR count). The summed E-state index contributed by atoms with van der Waals surface area (Å²) in [5.74, 6) is 0.563. The summed E-state index contributed by atoms with van der Waals surface area (Å²) >= 11 is 0. The van der Waals surface area contributed by atoms with E-state index < -0.39 is 0 Å². The fourth-order valence-corrected chi connectivity index (χ4v) is 3.86. The van der Waals surface area contributed by atoms with Gasteiger partial charge in [-0.3, -0.25) is 4.79 Å². The molecule has 0 aliphatic carbocycles. The Morgan fingerprint density at radius 1 is 0.967 bits per heavy atom. The molecule has 6 heteroatoms. The molecule has 1 aliphatic heterocycles. The molecule has 0 spiro atoms. The summed E-state index contributed by atoms with van der Waals surface area (Å²) in [5, 5.41) is 5.04. The molecular weight excluding hydrogens is 376 g/mol. The largest absolute Gasteiger partial charge is 0.322 e. The van der Waals surface area contributed by atoms with Crippen molar-refractivity contribution in [3.63, 3.8) is 0 Å². The first-order valence-electron chi connectivity index (χ1n) is 9.90. The number of nitrogens with one attached hydrogen (secondary N) is 2. The first-order chi connectivity index (χ1) is 14.7. The number of aromatic amines is 1. The van der Waals surface area contributed by atoms with Gasteiger partial charge in [-0.25, -0.2) is 9.78 Å². The number of aromatic nitrogens is 2. The Bertz CT molecular complexity index is 1290. The van der Waals surface area contributed by atoms with Gasteiger partial charge in [-0.1, -0.05) is 66.7 Å². The zero-order chi connectivity index (χ0) is 20.5. The van der Waals surface area contributed by atoms with Gasteiger partial charge in [0.2, 0.25) is 0 Å². The first kappa shape index (κ1) is 18.1. The molecule has 2 heterocycles. The van der Waals surface area contributed by atoms with E-state index in [1.807, 2.05) is 72.8 Å². The zero-order valence-electron chi connectivity index (χ0n) is 16.3. The SMILES string of the molecule is O=C(Nc1cccc2ccccc12)N1CCc2nc(-c3ccccc3)[nH]c(=O)c2C1. The normalized spacial score (nSPS) is 13.1. The van der Waals surface area contributed by atoms with E-state index in [1.54, 1.807) is 4.90 Å². The molecule has 0 atom stereocenters. The minimum atomic E-state index is -0.219. The van der Waals surface area contributed by atoms with Gasteiger partial charge in [-0.05, 0) is 11.5 Å². The summed E-state index contributed by atoms with van der Waals surface area (Å²) in [7, 11) is 0. The fourth-order valence-electron chi connectivity index (χ4n) is 3.86. The number of anilines is 1. The van der Waals surface area contributed by atoms with E-state index in [0.29, 0.717) is 24.4 Å². The van der Waals surface area contributed by atoms with E-state index in [2.05, 4.69) is 15.3 Å². The van der Waals surface area contributed by atoms with Crippen LogP contribution in [0.1, 0.15) is 11.3 Å². The third-order valence-corrected chi connectivity index (χ3v) is 5.43. The van der Waals surface area contributed by atoms with Gasteiger partial charge in [-0.15, -0.1) is 0 Å². The van der Waals surface area contributed by atoms with Gasteiger partial charge in [-0.2, -0.15) is 0 Å². The second-order valence-corrected chi connectivity index (χ2v) is 7.33. The summed E-state index contributed by atoms with van der Waals surface area (Å²) in [6.45, 7) is 0.748. The topological polar surface area (TPSA) is 78.1 Å². The van der Waals surface area contributed by atoms with Crippen molar-refractivity contribution >= 4 is 22.5 Å². The summed E-state index contributed by atoms with van der Waals surface area (Å²) in [6, 6.07) is 23.1. The zero-order valence-corrected chi connectivity index (χ0v) is 16.3. The number of benzene rings is 3. The van der Waals surface area contributed by atoms with E-state index in [-0.39, 0.29) is 18.1 Å². The molecule has 0 fully saturated rings. The van der Waals surface area contributed by atoms with Gasteiger partial charge >= 0.3 is 6.03 Å². The number of nitrogens with zero attached hydrogens (tertiary/aromatic N) is 2. The third kappa shape index (κ3) is 3.33. The molecule has 6 nitrogen and oxygen atoms in total. The van der Waals surface area contributed by atoms with Crippen LogP contribution in [0.15, 0.2) is 77.6 Å². The van der Waals surface area contributed by atoms with Gasteiger partial charge in [0.15, 0.2) is 0 Å². The van der Waals surface area contributed by atoms with Gasteiger partial charge in [0.05, 0.1) is 23.5 Å². The maximum absolute atomic E-state index is 12.9. The Morgan fingerprint density at radius 2 is 1.73 bits per heavy atom. The number of H-pyrrole nitrogens is 1. The summed E-state index contributed by atoms with van der Waals surface area (Å²) in [4.78, 5) is 34.8. The molecule has 0 bridgehead atoms. The van der Waals surface area contributed by atoms with Crippen LogP contribution in [-0.2, 0) is 13.0 Å². The number of hydrogen-bond donors (Lipinski definition) is 2. The average Bonchev–Trinajstić information content (AvgIpc) is 2.79. The molecule has 4 aromatic rings. The Labute approximate surface area is 173 Å². The van der Waals surface area contributed by atoms with E-state index in [9.17, 15) is 9.59 Å². The highest BCUT2D eigenvalue weighted by molar-refractivity contribution is 6.01. The van der Waals surface area contributed by atoms with Crippen LogP contribution in [0, 0.1) is 0 Å². The lowest BCUT2D eigenvalue weighted by molar-refractivity contribution is 0.205. The molecule has 0 radical (unpaired) electrons. The van der Waals surface area contributed by atoms with Gasteiger partial charge in [0.1, 0.15) is 5.82 Å².